The predicted molar refractivity (Wildman–Crippen MR) is 121 cm³/mol. The molecule has 0 saturated carbocycles. The van der Waals surface area contributed by atoms with E-state index in [0.29, 0.717) is 43.4 Å². The summed E-state index contributed by atoms with van der Waals surface area (Å²) in [5.74, 6) is 0.384. The van der Waals surface area contributed by atoms with Crippen molar-refractivity contribution in [2.75, 3.05) is 24.7 Å². The van der Waals surface area contributed by atoms with Crippen LogP contribution in [0.5, 0.6) is 0 Å². The van der Waals surface area contributed by atoms with Crippen LogP contribution in [-0.4, -0.2) is 50.4 Å². The van der Waals surface area contributed by atoms with E-state index >= 15 is 0 Å². The van der Waals surface area contributed by atoms with Gasteiger partial charge in [0.15, 0.2) is 11.2 Å². The highest BCUT2D eigenvalue weighted by Crippen LogP contribution is 2.30. The molecule has 1 aliphatic heterocycles. The Labute approximate surface area is 185 Å². The molecule has 0 spiro atoms. The minimum absolute atomic E-state index is 0.127. The molecule has 1 aromatic carbocycles. The van der Waals surface area contributed by atoms with E-state index in [2.05, 4.69) is 10.3 Å². The van der Waals surface area contributed by atoms with Crippen molar-refractivity contribution in [3.63, 3.8) is 0 Å². The Bertz CT molecular complexity index is 1240. The summed E-state index contributed by atoms with van der Waals surface area (Å²) in [6, 6.07) is 9.27. The normalized spacial score (nSPS) is 15.3. The zero-order valence-corrected chi connectivity index (χ0v) is 18.6. The van der Waals surface area contributed by atoms with E-state index < -0.39 is 17.3 Å². The number of ether oxygens (including phenoxy) is 1. The van der Waals surface area contributed by atoms with Crippen molar-refractivity contribution in [3.05, 3.63) is 56.7 Å². The van der Waals surface area contributed by atoms with E-state index in [1.165, 1.54) is 11.6 Å². The van der Waals surface area contributed by atoms with Crippen LogP contribution in [0.2, 0.25) is 0 Å². The van der Waals surface area contributed by atoms with Crippen LogP contribution in [0.15, 0.2) is 39.9 Å². The fourth-order valence-electron chi connectivity index (χ4n) is 4.07. The summed E-state index contributed by atoms with van der Waals surface area (Å²) in [7, 11) is 3.04. The molecule has 0 saturated heterocycles. The van der Waals surface area contributed by atoms with Gasteiger partial charge in [-0.1, -0.05) is 30.3 Å². The number of nitrogens with one attached hydrogen (secondary N) is 1. The second-order valence-corrected chi connectivity index (χ2v) is 7.87. The van der Waals surface area contributed by atoms with Crippen LogP contribution in [0.1, 0.15) is 18.9 Å². The molecule has 0 radical (unpaired) electrons. The van der Waals surface area contributed by atoms with Gasteiger partial charge in [0.05, 0.1) is 6.54 Å². The Hall–Kier alpha value is -3.40. The first-order chi connectivity index (χ1) is 15.4. The Morgan fingerprint density at radius 3 is 2.66 bits per heavy atom. The van der Waals surface area contributed by atoms with Gasteiger partial charge in [0.2, 0.25) is 11.9 Å². The number of benzene rings is 1. The second kappa shape index (κ2) is 8.99. The second-order valence-electron chi connectivity index (χ2n) is 7.87. The maximum Gasteiger partial charge on any atom is 0.332 e. The van der Waals surface area contributed by atoms with E-state index in [4.69, 9.17) is 4.74 Å². The van der Waals surface area contributed by atoms with Crippen LogP contribution < -0.4 is 21.5 Å². The molecule has 170 valence electrons. The third kappa shape index (κ3) is 3.81. The molecule has 4 rings (SSSR count). The molecule has 0 aliphatic carbocycles. The maximum absolute atomic E-state index is 13.1. The number of imidazole rings is 1. The lowest BCUT2D eigenvalue weighted by molar-refractivity contribution is -0.122. The van der Waals surface area contributed by atoms with E-state index in [-0.39, 0.29) is 12.5 Å². The number of nitrogens with zero attached hydrogens (tertiary/aromatic N) is 5. The molecule has 1 atom stereocenters. The van der Waals surface area contributed by atoms with Gasteiger partial charge in [0.1, 0.15) is 6.04 Å². The number of rotatable bonds is 8. The third-order valence-corrected chi connectivity index (χ3v) is 5.78. The smallest absolute Gasteiger partial charge is 0.332 e. The number of carbonyl (C=O) groups excluding carboxylic acids is 1. The molecular weight excluding hydrogens is 412 g/mol. The minimum atomic E-state index is -0.517. The Morgan fingerprint density at radius 1 is 1.19 bits per heavy atom. The molecule has 10 nitrogen and oxygen atoms in total. The summed E-state index contributed by atoms with van der Waals surface area (Å²) in [6.45, 7) is 4.41. The predicted octanol–water partition coefficient (Wildman–Crippen LogP) is 0.365. The molecule has 1 unspecified atom stereocenters. The topological polar surface area (TPSA) is 103 Å². The Kier molecular flexibility index (Phi) is 6.13. The first-order valence-corrected chi connectivity index (χ1v) is 10.8. The average Bonchev–Trinajstić information content (AvgIpc) is 3.34. The van der Waals surface area contributed by atoms with Crippen molar-refractivity contribution in [1.29, 1.82) is 0 Å². The number of fused-ring (bicyclic) bond motifs is 3. The highest BCUT2D eigenvalue weighted by molar-refractivity contribution is 5.87. The van der Waals surface area contributed by atoms with Gasteiger partial charge in [0, 0.05) is 40.4 Å². The summed E-state index contributed by atoms with van der Waals surface area (Å²) >= 11 is 0. The fraction of sp³-hybridized carbons (Fsp3) is 0.455. The lowest BCUT2D eigenvalue weighted by Crippen LogP contribution is -2.46. The number of aryl methyl sites for hydroxylation is 1. The van der Waals surface area contributed by atoms with Gasteiger partial charge in [-0.15, -0.1) is 0 Å². The number of hydrogen-bond donors (Lipinski definition) is 1. The number of carbonyl (C=O) groups is 1. The molecule has 1 amide bonds. The van der Waals surface area contributed by atoms with Gasteiger partial charge in [-0.05, 0) is 18.9 Å². The van der Waals surface area contributed by atoms with Gasteiger partial charge in [0.25, 0.3) is 5.56 Å². The van der Waals surface area contributed by atoms with Gasteiger partial charge >= 0.3 is 5.69 Å². The van der Waals surface area contributed by atoms with Crippen LogP contribution >= 0.6 is 0 Å². The number of anilines is 1. The quantitative estimate of drug-likeness (QED) is 0.508. The summed E-state index contributed by atoms with van der Waals surface area (Å²) in [4.78, 5) is 44.9. The summed E-state index contributed by atoms with van der Waals surface area (Å²) in [5.41, 5.74) is 0.816. The largest absolute Gasteiger partial charge is 0.382 e. The highest BCUT2D eigenvalue weighted by Gasteiger charge is 2.38. The van der Waals surface area contributed by atoms with Crippen LogP contribution in [0.3, 0.4) is 0 Å². The molecule has 1 aliphatic rings. The van der Waals surface area contributed by atoms with Crippen molar-refractivity contribution in [1.82, 2.24) is 24.0 Å². The van der Waals surface area contributed by atoms with E-state index in [1.54, 1.807) is 11.6 Å². The Morgan fingerprint density at radius 2 is 1.94 bits per heavy atom. The Balaban J connectivity index is 1.70. The lowest BCUT2D eigenvalue weighted by Gasteiger charge is -2.24. The highest BCUT2D eigenvalue weighted by atomic mass is 16.5. The zero-order chi connectivity index (χ0) is 22.8. The van der Waals surface area contributed by atoms with Gasteiger partial charge in [-0.25, -0.2) is 4.79 Å². The summed E-state index contributed by atoms with van der Waals surface area (Å²) < 4.78 is 9.52. The van der Waals surface area contributed by atoms with E-state index in [1.807, 2.05) is 42.2 Å². The zero-order valence-electron chi connectivity index (χ0n) is 18.6. The van der Waals surface area contributed by atoms with E-state index in [9.17, 15) is 14.4 Å². The van der Waals surface area contributed by atoms with Crippen molar-refractivity contribution in [2.24, 2.45) is 14.1 Å². The number of aromatic nitrogens is 4. The number of amides is 1. The maximum atomic E-state index is 13.1. The standard InChI is InChI=1S/C22H28N6O4/c1-4-32-12-8-11-23-19(29)16-14-28-17-18(25(2)22(31)26(3)20(17)30)24-21(28)27(16)13-15-9-6-5-7-10-15/h5-7,9-10,16H,4,8,11-14H2,1-3H3,(H,23,29). The lowest BCUT2D eigenvalue weighted by atomic mass is 10.2. The minimum Gasteiger partial charge on any atom is -0.382 e. The number of hydrogen-bond acceptors (Lipinski definition) is 6. The van der Waals surface area contributed by atoms with Crippen molar-refractivity contribution >= 4 is 23.0 Å². The van der Waals surface area contributed by atoms with Crippen molar-refractivity contribution < 1.29 is 9.53 Å². The van der Waals surface area contributed by atoms with Crippen LogP contribution in [0.25, 0.3) is 11.2 Å². The molecule has 0 bridgehead atoms. The first kappa shape index (κ1) is 21.8. The molecular formula is C22H28N6O4. The SMILES string of the molecule is CCOCCCNC(=O)C1Cn2c(nc3c2c(=O)n(C)c(=O)n3C)N1Cc1ccccc1. The molecule has 2 aromatic heterocycles. The van der Waals surface area contributed by atoms with E-state index in [0.717, 1.165) is 16.6 Å². The molecule has 10 heteroatoms. The molecule has 3 heterocycles. The van der Waals surface area contributed by atoms with Crippen LogP contribution in [0.4, 0.5) is 5.95 Å². The first-order valence-electron chi connectivity index (χ1n) is 10.8. The molecule has 1 N–H and O–H groups in total. The van der Waals surface area contributed by atoms with Crippen molar-refractivity contribution in [2.45, 2.75) is 32.5 Å². The molecule has 3 aromatic rings. The van der Waals surface area contributed by atoms with Crippen LogP contribution in [-0.2, 0) is 36.7 Å². The molecule has 32 heavy (non-hydrogen) atoms. The summed E-state index contributed by atoms with van der Waals surface area (Å²) in [5, 5.41) is 2.98. The van der Waals surface area contributed by atoms with Gasteiger partial charge in [-0.3, -0.25) is 18.7 Å². The average molecular weight is 441 g/mol. The summed E-state index contributed by atoms with van der Waals surface area (Å²) in [6.07, 6.45) is 0.723. The van der Waals surface area contributed by atoms with Crippen LogP contribution in [0, 0.1) is 0 Å². The third-order valence-electron chi connectivity index (χ3n) is 5.78. The van der Waals surface area contributed by atoms with Gasteiger partial charge in [-0.2, -0.15) is 4.98 Å². The molecule has 0 fully saturated rings. The van der Waals surface area contributed by atoms with Gasteiger partial charge < -0.3 is 19.5 Å². The van der Waals surface area contributed by atoms with Crippen molar-refractivity contribution in [3.8, 4) is 0 Å². The fourth-order valence-corrected chi connectivity index (χ4v) is 4.07. The monoisotopic (exact) mass is 440 g/mol.